The summed E-state index contributed by atoms with van der Waals surface area (Å²) >= 11 is 3.56. The van der Waals surface area contributed by atoms with Gasteiger partial charge in [-0.2, -0.15) is 5.10 Å². The van der Waals surface area contributed by atoms with E-state index in [9.17, 15) is 0 Å². The van der Waals surface area contributed by atoms with Gasteiger partial charge >= 0.3 is 0 Å². The van der Waals surface area contributed by atoms with Gasteiger partial charge in [0.1, 0.15) is 5.52 Å². The molecule has 0 bridgehead atoms. The zero-order valence-corrected chi connectivity index (χ0v) is 14.3. The van der Waals surface area contributed by atoms with Gasteiger partial charge < -0.3 is 9.80 Å². The molecule has 0 radical (unpaired) electrons. The van der Waals surface area contributed by atoms with Crippen LogP contribution in [0.3, 0.4) is 0 Å². The number of rotatable bonds is 1. The Hall–Kier alpha value is -1.66. The highest BCUT2D eigenvalue weighted by Crippen LogP contribution is 2.32. The fraction of sp³-hybridized carbons (Fsp3) is 0.375. The Bertz CT molecular complexity index is 848. The molecule has 114 valence electrons. The number of likely N-dealkylation sites (N-methyl/N-ethyl adjacent to an activating group) is 1. The quantitative estimate of drug-likeness (QED) is 0.669. The van der Waals surface area contributed by atoms with Crippen molar-refractivity contribution in [3.05, 3.63) is 28.9 Å². The molecular formula is C16H18BrN5. The van der Waals surface area contributed by atoms with E-state index >= 15 is 0 Å². The van der Waals surface area contributed by atoms with E-state index in [1.165, 1.54) is 5.39 Å². The molecule has 0 amide bonds. The Morgan fingerprint density at radius 2 is 1.82 bits per heavy atom. The maximum Gasteiger partial charge on any atom is 0.157 e. The number of aromatic nitrogens is 3. The van der Waals surface area contributed by atoms with E-state index in [4.69, 9.17) is 4.98 Å². The van der Waals surface area contributed by atoms with E-state index in [0.717, 1.165) is 52.9 Å². The Labute approximate surface area is 137 Å². The molecule has 0 unspecified atom stereocenters. The third-order valence-corrected chi connectivity index (χ3v) is 4.81. The molecule has 3 aromatic rings. The molecule has 1 aromatic carbocycles. The number of anilines is 1. The van der Waals surface area contributed by atoms with Crippen molar-refractivity contribution in [3.63, 3.8) is 0 Å². The number of piperazine rings is 1. The summed E-state index contributed by atoms with van der Waals surface area (Å²) < 4.78 is 2.95. The summed E-state index contributed by atoms with van der Waals surface area (Å²) in [6, 6.07) is 6.25. The Morgan fingerprint density at radius 3 is 2.59 bits per heavy atom. The fourth-order valence-electron chi connectivity index (χ4n) is 3.08. The average Bonchev–Trinajstić information content (AvgIpc) is 2.89. The fourth-order valence-corrected chi connectivity index (χ4v) is 3.44. The summed E-state index contributed by atoms with van der Waals surface area (Å²) in [6.45, 7) is 4.12. The number of aryl methyl sites for hydroxylation is 1. The molecule has 0 N–H and O–H groups in total. The van der Waals surface area contributed by atoms with Crippen molar-refractivity contribution in [2.75, 3.05) is 38.1 Å². The number of pyridine rings is 1. The van der Waals surface area contributed by atoms with Crippen molar-refractivity contribution in [3.8, 4) is 0 Å². The van der Waals surface area contributed by atoms with Crippen LogP contribution in [0.15, 0.2) is 28.9 Å². The standard InChI is InChI=1S/C16H18BrN5/c1-20-5-7-22(8-6-20)16-15-13(10-21(2)19-15)12-9-11(17)3-4-14(12)18-16/h3-4,9-10H,5-8H2,1-2H3. The lowest BCUT2D eigenvalue weighted by Gasteiger charge is -2.33. The third kappa shape index (κ3) is 2.27. The van der Waals surface area contributed by atoms with Gasteiger partial charge in [-0.15, -0.1) is 0 Å². The second kappa shape index (κ2) is 5.21. The molecule has 0 spiro atoms. The van der Waals surface area contributed by atoms with Gasteiger partial charge in [0.15, 0.2) is 5.82 Å². The summed E-state index contributed by atoms with van der Waals surface area (Å²) in [7, 11) is 4.14. The molecule has 1 aliphatic heterocycles. The zero-order chi connectivity index (χ0) is 15.3. The van der Waals surface area contributed by atoms with Crippen molar-refractivity contribution in [2.45, 2.75) is 0 Å². The maximum absolute atomic E-state index is 4.92. The molecular weight excluding hydrogens is 342 g/mol. The van der Waals surface area contributed by atoms with E-state index < -0.39 is 0 Å². The maximum atomic E-state index is 4.92. The highest BCUT2D eigenvalue weighted by Gasteiger charge is 2.20. The van der Waals surface area contributed by atoms with Crippen LogP contribution in [0.1, 0.15) is 0 Å². The van der Waals surface area contributed by atoms with Crippen molar-refractivity contribution >= 4 is 43.6 Å². The predicted octanol–water partition coefficient (Wildman–Crippen LogP) is 2.64. The molecule has 5 nitrogen and oxygen atoms in total. The van der Waals surface area contributed by atoms with E-state index in [2.05, 4.69) is 56.2 Å². The van der Waals surface area contributed by atoms with Gasteiger partial charge in [-0.25, -0.2) is 4.98 Å². The van der Waals surface area contributed by atoms with Gasteiger partial charge in [0.2, 0.25) is 0 Å². The SMILES string of the molecule is CN1CCN(c2nc3ccc(Br)cc3c3cn(C)nc23)CC1. The monoisotopic (exact) mass is 359 g/mol. The van der Waals surface area contributed by atoms with Gasteiger partial charge in [-0.3, -0.25) is 4.68 Å². The molecule has 1 aliphatic rings. The van der Waals surface area contributed by atoms with Crippen molar-refractivity contribution < 1.29 is 0 Å². The van der Waals surface area contributed by atoms with Gasteiger partial charge in [-0.1, -0.05) is 15.9 Å². The predicted molar refractivity (Wildman–Crippen MR) is 93.4 cm³/mol. The number of nitrogens with zero attached hydrogens (tertiary/aromatic N) is 5. The van der Waals surface area contributed by atoms with Crippen LogP contribution in [0, 0.1) is 0 Å². The molecule has 22 heavy (non-hydrogen) atoms. The van der Waals surface area contributed by atoms with Crippen LogP contribution in [-0.4, -0.2) is 52.9 Å². The second-order valence-electron chi connectivity index (χ2n) is 5.95. The van der Waals surface area contributed by atoms with Crippen molar-refractivity contribution in [1.29, 1.82) is 0 Å². The third-order valence-electron chi connectivity index (χ3n) is 4.32. The van der Waals surface area contributed by atoms with Gasteiger partial charge in [0, 0.05) is 54.7 Å². The molecule has 0 atom stereocenters. The van der Waals surface area contributed by atoms with Crippen LogP contribution < -0.4 is 4.90 Å². The summed E-state index contributed by atoms with van der Waals surface area (Å²) in [5.74, 6) is 1.01. The molecule has 0 aliphatic carbocycles. The largest absolute Gasteiger partial charge is 0.352 e. The van der Waals surface area contributed by atoms with Gasteiger partial charge in [-0.05, 0) is 25.2 Å². The molecule has 6 heteroatoms. The number of hydrogen-bond donors (Lipinski definition) is 0. The summed E-state index contributed by atoms with van der Waals surface area (Å²) in [5, 5.41) is 6.99. The first kappa shape index (κ1) is 14.0. The number of hydrogen-bond acceptors (Lipinski definition) is 4. The average molecular weight is 360 g/mol. The molecule has 1 fully saturated rings. The first-order valence-electron chi connectivity index (χ1n) is 7.48. The van der Waals surface area contributed by atoms with Crippen LogP contribution >= 0.6 is 15.9 Å². The first-order valence-corrected chi connectivity index (χ1v) is 8.27. The number of benzene rings is 1. The Balaban J connectivity index is 1.94. The lowest BCUT2D eigenvalue weighted by molar-refractivity contribution is 0.312. The van der Waals surface area contributed by atoms with Crippen LogP contribution in [0.5, 0.6) is 0 Å². The van der Waals surface area contributed by atoms with Crippen molar-refractivity contribution in [2.24, 2.45) is 7.05 Å². The summed E-state index contributed by atoms with van der Waals surface area (Å²) in [5.41, 5.74) is 2.02. The van der Waals surface area contributed by atoms with Crippen LogP contribution in [0.2, 0.25) is 0 Å². The Kier molecular flexibility index (Phi) is 3.31. The smallest absolute Gasteiger partial charge is 0.157 e. The topological polar surface area (TPSA) is 37.2 Å². The van der Waals surface area contributed by atoms with E-state index in [0.29, 0.717) is 0 Å². The molecule has 2 aromatic heterocycles. The number of fused-ring (bicyclic) bond motifs is 3. The molecule has 0 saturated carbocycles. The first-order chi connectivity index (χ1) is 10.6. The summed E-state index contributed by atoms with van der Waals surface area (Å²) in [6.07, 6.45) is 2.09. The van der Waals surface area contributed by atoms with Crippen LogP contribution in [-0.2, 0) is 7.05 Å². The molecule has 4 rings (SSSR count). The minimum absolute atomic E-state index is 0.997. The van der Waals surface area contributed by atoms with Gasteiger partial charge in [0.05, 0.1) is 5.52 Å². The van der Waals surface area contributed by atoms with Crippen LogP contribution in [0.4, 0.5) is 5.82 Å². The molecule has 3 heterocycles. The highest BCUT2D eigenvalue weighted by atomic mass is 79.9. The second-order valence-corrected chi connectivity index (χ2v) is 6.87. The van der Waals surface area contributed by atoms with Crippen molar-refractivity contribution in [1.82, 2.24) is 19.7 Å². The lowest BCUT2D eigenvalue weighted by atomic mass is 10.1. The minimum atomic E-state index is 0.997. The summed E-state index contributed by atoms with van der Waals surface area (Å²) in [4.78, 5) is 9.63. The normalized spacial score (nSPS) is 16.8. The van der Waals surface area contributed by atoms with Crippen LogP contribution in [0.25, 0.3) is 21.8 Å². The number of halogens is 1. The van der Waals surface area contributed by atoms with Gasteiger partial charge in [0.25, 0.3) is 0 Å². The zero-order valence-electron chi connectivity index (χ0n) is 12.8. The van der Waals surface area contributed by atoms with E-state index in [-0.39, 0.29) is 0 Å². The minimum Gasteiger partial charge on any atom is -0.352 e. The van der Waals surface area contributed by atoms with E-state index in [1.54, 1.807) is 0 Å². The lowest BCUT2D eigenvalue weighted by Crippen LogP contribution is -2.44. The van der Waals surface area contributed by atoms with E-state index in [1.807, 2.05) is 17.8 Å². The molecule has 1 saturated heterocycles. The highest BCUT2D eigenvalue weighted by molar-refractivity contribution is 9.10. The Morgan fingerprint density at radius 1 is 1.05 bits per heavy atom.